The van der Waals surface area contributed by atoms with Gasteiger partial charge in [0.15, 0.2) is 5.82 Å². The van der Waals surface area contributed by atoms with E-state index in [1.807, 2.05) is 13.1 Å². The first-order valence-electron chi connectivity index (χ1n) is 7.12. The highest BCUT2D eigenvalue weighted by Crippen LogP contribution is 2.27. The Hall–Kier alpha value is -2.42. The highest BCUT2D eigenvalue weighted by atomic mass is 15.0. The van der Waals surface area contributed by atoms with Crippen LogP contribution in [0, 0.1) is 20.8 Å². The molecule has 3 rings (SSSR count). The molecule has 0 aliphatic carbocycles. The number of anilines is 1. The third-order valence-corrected chi connectivity index (χ3v) is 3.64. The molecule has 3 nitrogen and oxygen atoms in total. The van der Waals surface area contributed by atoms with Crippen molar-refractivity contribution in [2.24, 2.45) is 0 Å². The van der Waals surface area contributed by atoms with E-state index in [0.717, 1.165) is 33.7 Å². The van der Waals surface area contributed by atoms with Gasteiger partial charge in [-0.05, 0) is 44.5 Å². The molecular formula is C18H19N3. The van der Waals surface area contributed by atoms with E-state index in [4.69, 9.17) is 9.97 Å². The van der Waals surface area contributed by atoms with Crippen molar-refractivity contribution in [1.82, 2.24) is 9.97 Å². The Morgan fingerprint density at radius 3 is 2.29 bits per heavy atom. The third kappa shape index (κ3) is 2.47. The molecule has 0 fully saturated rings. The van der Waals surface area contributed by atoms with Crippen LogP contribution in [0.3, 0.4) is 0 Å². The summed E-state index contributed by atoms with van der Waals surface area (Å²) in [6.07, 6.45) is 0. The topological polar surface area (TPSA) is 37.8 Å². The van der Waals surface area contributed by atoms with Gasteiger partial charge < -0.3 is 5.32 Å². The molecule has 0 amide bonds. The maximum absolute atomic E-state index is 4.78. The molecule has 0 saturated carbocycles. The Kier molecular flexibility index (Phi) is 3.34. The maximum Gasteiger partial charge on any atom is 0.162 e. The molecule has 0 radical (unpaired) electrons. The van der Waals surface area contributed by atoms with E-state index in [2.05, 4.69) is 56.4 Å². The first kappa shape index (κ1) is 13.6. The van der Waals surface area contributed by atoms with Crippen LogP contribution >= 0.6 is 0 Å². The van der Waals surface area contributed by atoms with Crippen LogP contribution in [0.25, 0.3) is 22.3 Å². The fourth-order valence-electron chi connectivity index (χ4n) is 2.72. The van der Waals surface area contributed by atoms with Gasteiger partial charge in [0, 0.05) is 18.0 Å². The summed E-state index contributed by atoms with van der Waals surface area (Å²) in [6.45, 7) is 6.28. The van der Waals surface area contributed by atoms with Gasteiger partial charge in [0.05, 0.1) is 5.52 Å². The van der Waals surface area contributed by atoms with Crippen molar-refractivity contribution in [2.45, 2.75) is 20.8 Å². The molecule has 1 heterocycles. The molecule has 3 aromatic rings. The second kappa shape index (κ2) is 5.17. The van der Waals surface area contributed by atoms with Gasteiger partial charge in [0.25, 0.3) is 0 Å². The number of aryl methyl sites for hydroxylation is 3. The number of benzene rings is 2. The van der Waals surface area contributed by atoms with Gasteiger partial charge >= 0.3 is 0 Å². The van der Waals surface area contributed by atoms with Crippen LogP contribution in [0.4, 0.5) is 5.82 Å². The average molecular weight is 277 g/mol. The second-order valence-corrected chi connectivity index (χ2v) is 5.49. The Morgan fingerprint density at radius 1 is 0.905 bits per heavy atom. The van der Waals surface area contributed by atoms with E-state index in [1.165, 1.54) is 11.1 Å². The van der Waals surface area contributed by atoms with Crippen molar-refractivity contribution in [3.8, 4) is 11.4 Å². The van der Waals surface area contributed by atoms with Crippen molar-refractivity contribution in [3.05, 3.63) is 53.1 Å². The molecule has 0 aliphatic heterocycles. The summed E-state index contributed by atoms with van der Waals surface area (Å²) in [5.41, 5.74) is 5.69. The zero-order chi connectivity index (χ0) is 15.0. The molecule has 21 heavy (non-hydrogen) atoms. The lowest BCUT2D eigenvalue weighted by atomic mass is 10.1. The number of para-hydroxylation sites is 1. The largest absolute Gasteiger partial charge is 0.373 e. The minimum atomic E-state index is 0.771. The predicted octanol–water partition coefficient (Wildman–Crippen LogP) is 4.26. The van der Waals surface area contributed by atoms with E-state index in [-0.39, 0.29) is 0 Å². The number of fused-ring (bicyclic) bond motifs is 1. The molecule has 0 atom stereocenters. The number of aromatic nitrogens is 2. The molecule has 0 spiro atoms. The number of hydrogen-bond donors (Lipinski definition) is 1. The van der Waals surface area contributed by atoms with Gasteiger partial charge in [-0.2, -0.15) is 0 Å². The van der Waals surface area contributed by atoms with Gasteiger partial charge in [-0.1, -0.05) is 29.3 Å². The van der Waals surface area contributed by atoms with Crippen LogP contribution in [0.15, 0.2) is 36.4 Å². The summed E-state index contributed by atoms with van der Waals surface area (Å²) in [6, 6.07) is 12.6. The van der Waals surface area contributed by atoms with Gasteiger partial charge in [0.1, 0.15) is 5.82 Å². The van der Waals surface area contributed by atoms with Crippen molar-refractivity contribution >= 4 is 16.7 Å². The van der Waals surface area contributed by atoms with E-state index in [0.29, 0.717) is 0 Å². The first-order valence-corrected chi connectivity index (χ1v) is 7.12. The minimum Gasteiger partial charge on any atom is -0.373 e. The van der Waals surface area contributed by atoms with Gasteiger partial charge in [-0.25, -0.2) is 9.97 Å². The second-order valence-electron chi connectivity index (χ2n) is 5.49. The van der Waals surface area contributed by atoms with E-state index >= 15 is 0 Å². The Balaban J connectivity index is 2.30. The zero-order valence-corrected chi connectivity index (χ0v) is 12.9. The maximum atomic E-state index is 4.78. The van der Waals surface area contributed by atoms with Crippen LogP contribution in [0.1, 0.15) is 16.7 Å². The standard InChI is InChI=1S/C18H19N3/c1-11-8-12(2)10-14(9-11)17-20-16-13(3)6-5-7-15(16)18(19-4)21-17/h5-10H,1-4H3,(H,19,20,21). The fourth-order valence-corrected chi connectivity index (χ4v) is 2.72. The van der Waals surface area contributed by atoms with Crippen LogP contribution in [0.2, 0.25) is 0 Å². The lowest BCUT2D eigenvalue weighted by Crippen LogP contribution is -2.00. The molecule has 0 unspecified atom stereocenters. The Morgan fingerprint density at radius 2 is 1.62 bits per heavy atom. The van der Waals surface area contributed by atoms with Gasteiger partial charge in [0.2, 0.25) is 0 Å². The number of nitrogens with zero attached hydrogens (tertiary/aromatic N) is 2. The summed E-state index contributed by atoms with van der Waals surface area (Å²) in [5.74, 6) is 1.64. The quantitative estimate of drug-likeness (QED) is 0.760. The van der Waals surface area contributed by atoms with Crippen LogP contribution in [0.5, 0.6) is 0 Å². The third-order valence-electron chi connectivity index (χ3n) is 3.64. The number of hydrogen-bond acceptors (Lipinski definition) is 3. The van der Waals surface area contributed by atoms with Crippen LogP contribution in [-0.2, 0) is 0 Å². The highest BCUT2D eigenvalue weighted by molar-refractivity contribution is 5.92. The lowest BCUT2D eigenvalue weighted by molar-refractivity contribution is 1.20. The van der Waals surface area contributed by atoms with Crippen molar-refractivity contribution < 1.29 is 0 Å². The summed E-state index contributed by atoms with van der Waals surface area (Å²) in [5, 5.41) is 4.25. The molecule has 0 bridgehead atoms. The normalized spacial score (nSPS) is 10.9. The number of rotatable bonds is 2. The first-order chi connectivity index (χ1) is 10.1. The van der Waals surface area contributed by atoms with Crippen molar-refractivity contribution in [1.29, 1.82) is 0 Å². The highest BCUT2D eigenvalue weighted by Gasteiger charge is 2.10. The Bertz CT molecular complexity index is 802. The van der Waals surface area contributed by atoms with Gasteiger partial charge in [-0.3, -0.25) is 0 Å². The van der Waals surface area contributed by atoms with Crippen molar-refractivity contribution in [2.75, 3.05) is 12.4 Å². The average Bonchev–Trinajstić information content (AvgIpc) is 2.45. The molecule has 0 aliphatic rings. The Labute approximate surface area is 125 Å². The number of nitrogens with one attached hydrogen (secondary N) is 1. The molecule has 106 valence electrons. The summed E-state index contributed by atoms with van der Waals surface area (Å²) < 4.78 is 0. The smallest absolute Gasteiger partial charge is 0.162 e. The zero-order valence-electron chi connectivity index (χ0n) is 12.9. The molecule has 3 heteroatoms. The fraction of sp³-hybridized carbons (Fsp3) is 0.222. The SMILES string of the molecule is CNc1nc(-c2cc(C)cc(C)c2)nc2c(C)cccc12. The van der Waals surface area contributed by atoms with Gasteiger partial charge in [-0.15, -0.1) is 0 Å². The molecule has 1 N–H and O–H groups in total. The molecule has 0 saturated heterocycles. The molecular weight excluding hydrogens is 258 g/mol. The lowest BCUT2D eigenvalue weighted by Gasteiger charge is -2.10. The molecule has 1 aromatic heterocycles. The summed E-state index contributed by atoms with van der Waals surface area (Å²) in [7, 11) is 1.90. The molecule has 2 aromatic carbocycles. The van der Waals surface area contributed by atoms with Crippen LogP contribution < -0.4 is 5.32 Å². The van der Waals surface area contributed by atoms with E-state index < -0.39 is 0 Å². The van der Waals surface area contributed by atoms with Crippen LogP contribution in [-0.4, -0.2) is 17.0 Å². The summed E-state index contributed by atoms with van der Waals surface area (Å²) in [4.78, 5) is 9.48. The van der Waals surface area contributed by atoms with E-state index in [9.17, 15) is 0 Å². The predicted molar refractivity (Wildman–Crippen MR) is 88.7 cm³/mol. The van der Waals surface area contributed by atoms with E-state index in [1.54, 1.807) is 0 Å². The minimum absolute atomic E-state index is 0.771. The summed E-state index contributed by atoms with van der Waals surface area (Å²) >= 11 is 0. The van der Waals surface area contributed by atoms with Crippen molar-refractivity contribution in [3.63, 3.8) is 0 Å². The monoisotopic (exact) mass is 277 g/mol.